The van der Waals surface area contributed by atoms with Crippen LogP contribution in [0.1, 0.15) is 159 Å². The number of nitrogens with one attached hydrogen (secondary N) is 2. The van der Waals surface area contributed by atoms with E-state index in [1.54, 1.807) is 12.1 Å². The first-order chi connectivity index (χ1) is 37.5. The molecule has 3 N–H and O–H groups in total. The zero-order valence-electron chi connectivity index (χ0n) is 45.3. The molecule has 2 aliphatic heterocycles. The first kappa shape index (κ1) is 53.5. The summed E-state index contributed by atoms with van der Waals surface area (Å²) in [5, 5.41) is 10.5. The lowest BCUT2D eigenvalue weighted by molar-refractivity contribution is 0.304. The number of phenols is 1. The zero-order chi connectivity index (χ0) is 52.3. The van der Waals surface area contributed by atoms with Crippen LogP contribution in [-0.2, 0) is 0 Å². The molecule has 8 heteroatoms. The van der Waals surface area contributed by atoms with Crippen LogP contribution in [0, 0.1) is 0 Å². The Kier molecular flexibility index (Phi) is 19.3. The second-order valence-corrected chi connectivity index (χ2v) is 20.5. The molecule has 5 heterocycles. The molecule has 8 bridgehead atoms. The Bertz CT molecular complexity index is 3120. The Labute approximate surface area is 451 Å². The van der Waals surface area contributed by atoms with Gasteiger partial charge >= 0.3 is 0 Å². The van der Waals surface area contributed by atoms with Crippen molar-refractivity contribution in [2.45, 2.75) is 136 Å². The second-order valence-electron chi connectivity index (χ2n) is 20.5. The van der Waals surface area contributed by atoms with Crippen LogP contribution in [0.3, 0.4) is 0 Å². The van der Waals surface area contributed by atoms with Crippen LogP contribution < -0.4 is 14.2 Å². The van der Waals surface area contributed by atoms with Gasteiger partial charge in [0.2, 0.25) is 0 Å². The monoisotopic (exact) mass is 1010 g/mol. The van der Waals surface area contributed by atoms with E-state index in [2.05, 4.69) is 152 Å². The SMILES string of the molecule is CCCCCCCCOc1ccc(-c2c3nc(c(-c4ccc(OCCCCCCCC)cc4)c4ccc([nH]4)c(-c4ccc(OCCCCCCCC)cc4)c4nc(c(-c5ccc(O)cc5)c5ccc2[nH]5)C=C4)C=C3)cc1. The number of aromatic amines is 2. The van der Waals surface area contributed by atoms with Crippen LogP contribution in [0.25, 0.3) is 90.9 Å². The molecule has 394 valence electrons. The first-order valence-electron chi connectivity index (χ1n) is 28.6. The molecule has 0 saturated heterocycles. The highest BCUT2D eigenvalue weighted by molar-refractivity contribution is 6.00. The molecule has 0 spiro atoms. The van der Waals surface area contributed by atoms with E-state index in [-0.39, 0.29) is 5.75 Å². The predicted molar refractivity (Wildman–Crippen MR) is 319 cm³/mol. The Morgan fingerprint density at radius 2 is 0.566 bits per heavy atom. The van der Waals surface area contributed by atoms with Crippen LogP contribution >= 0.6 is 0 Å². The molecule has 0 saturated carbocycles. The molecule has 0 atom stereocenters. The molecule has 9 rings (SSSR count). The molecule has 76 heavy (non-hydrogen) atoms. The molecule has 3 aromatic heterocycles. The number of H-pyrrole nitrogens is 2. The zero-order valence-corrected chi connectivity index (χ0v) is 45.3. The highest BCUT2D eigenvalue weighted by Crippen LogP contribution is 2.40. The van der Waals surface area contributed by atoms with E-state index in [0.29, 0.717) is 19.8 Å². The van der Waals surface area contributed by atoms with Gasteiger partial charge in [-0.25, -0.2) is 9.97 Å². The van der Waals surface area contributed by atoms with E-state index in [1.165, 1.54) is 96.3 Å². The lowest BCUT2D eigenvalue weighted by Gasteiger charge is -2.10. The maximum absolute atomic E-state index is 10.5. The second kappa shape index (κ2) is 27.5. The van der Waals surface area contributed by atoms with Crippen molar-refractivity contribution in [3.63, 3.8) is 0 Å². The fourth-order valence-corrected chi connectivity index (χ4v) is 10.4. The number of aromatic hydroxyl groups is 1. The number of unbranched alkanes of at least 4 members (excludes halogenated alkanes) is 15. The number of benzene rings is 4. The molecule has 4 aromatic carbocycles. The van der Waals surface area contributed by atoms with Gasteiger partial charge in [0.15, 0.2) is 0 Å². The van der Waals surface area contributed by atoms with Crippen LogP contribution in [-0.4, -0.2) is 44.9 Å². The third kappa shape index (κ3) is 13.9. The Morgan fingerprint density at radius 1 is 0.316 bits per heavy atom. The van der Waals surface area contributed by atoms with E-state index < -0.39 is 0 Å². The largest absolute Gasteiger partial charge is 0.508 e. The summed E-state index contributed by atoms with van der Waals surface area (Å²) < 4.78 is 18.8. The average molecular weight is 1020 g/mol. The number of ether oxygens (including phenoxy) is 3. The molecule has 0 amide bonds. The summed E-state index contributed by atoms with van der Waals surface area (Å²) in [4.78, 5) is 18.8. The minimum Gasteiger partial charge on any atom is -0.508 e. The maximum Gasteiger partial charge on any atom is 0.119 e. The van der Waals surface area contributed by atoms with Crippen LogP contribution in [0.2, 0.25) is 0 Å². The van der Waals surface area contributed by atoms with Gasteiger partial charge < -0.3 is 29.3 Å². The number of fused-ring (bicyclic) bond motifs is 8. The highest BCUT2D eigenvalue weighted by atomic mass is 16.5. The minimum atomic E-state index is 0.204. The molecule has 2 aliphatic rings. The van der Waals surface area contributed by atoms with E-state index in [9.17, 15) is 5.11 Å². The van der Waals surface area contributed by atoms with Gasteiger partial charge in [0.05, 0.1) is 42.6 Å². The lowest BCUT2D eigenvalue weighted by atomic mass is 10.0. The number of rotatable bonds is 28. The number of aromatic nitrogens is 4. The Morgan fingerprint density at radius 3 is 0.842 bits per heavy atom. The number of phenolic OH excluding ortho intramolecular Hbond substituents is 1. The summed E-state index contributed by atoms with van der Waals surface area (Å²) >= 11 is 0. The first-order valence-corrected chi connectivity index (χ1v) is 28.6. The van der Waals surface area contributed by atoms with Gasteiger partial charge in [-0.3, -0.25) is 0 Å². The van der Waals surface area contributed by atoms with E-state index >= 15 is 0 Å². The van der Waals surface area contributed by atoms with Crippen LogP contribution in [0.15, 0.2) is 121 Å². The molecule has 7 aromatic rings. The third-order valence-corrected chi connectivity index (χ3v) is 14.6. The highest BCUT2D eigenvalue weighted by Gasteiger charge is 2.20. The standard InChI is InChI=1S/C68H78N4O4/c1-4-7-10-13-16-19-46-74-54-32-24-50(25-33-54)66-59-40-38-57(69-59)65(49-22-30-53(73)31-23-49)58-39-41-60(70-58)67(51-26-34-55(35-27-51)75-47-20-17-14-11-8-5-2)62-43-45-64(72-62)68(63-44-42-61(66)71-63)52-28-36-56(37-29-52)76-48-21-18-15-12-9-6-3/h22-45,69,72-73H,4-21,46-48H2,1-3H3. The molecular weight excluding hydrogens is 937 g/mol. The van der Waals surface area contributed by atoms with Crippen LogP contribution in [0.4, 0.5) is 0 Å². The maximum atomic E-state index is 10.5. The summed E-state index contributed by atoms with van der Waals surface area (Å²) in [6.07, 6.45) is 30.5. The Hall–Kier alpha value is -7.32. The molecule has 0 fully saturated rings. The van der Waals surface area contributed by atoms with Crippen molar-refractivity contribution in [2.24, 2.45) is 0 Å². The summed E-state index contributed by atoms with van der Waals surface area (Å²) in [6.45, 7) is 8.88. The fourth-order valence-electron chi connectivity index (χ4n) is 10.4. The van der Waals surface area contributed by atoms with Crippen molar-refractivity contribution in [3.05, 3.63) is 144 Å². The third-order valence-electron chi connectivity index (χ3n) is 14.6. The van der Waals surface area contributed by atoms with Crippen molar-refractivity contribution in [2.75, 3.05) is 19.8 Å². The smallest absolute Gasteiger partial charge is 0.119 e. The summed E-state index contributed by atoms with van der Waals surface area (Å²) in [5.74, 6) is 2.79. The van der Waals surface area contributed by atoms with E-state index in [4.69, 9.17) is 24.2 Å². The summed E-state index contributed by atoms with van der Waals surface area (Å²) in [6, 6.07) is 41.4. The van der Waals surface area contributed by atoms with Crippen LogP contribution in [0.5, 0.6) is 23.0 Å². The molecule has 0 unspecified atom stereocenters. The number of hydrogen-bond acceptors (Lipinski definition) is 6. The van der Waals surface area contributed by atoms with E-state index in [1.807, 2.05) is 12.1 Å². The van der Waals surface area contributed by atoms with Crippen molar-refractivity contribution < 1.29 is 19.3 Å². The molecule has 0 radical (unpaired) electrons. The van der Waals surface area contributed by atoms with E-state index in [0.717, 1.165) is 126 Å². The normalized spacial score (nSPS) is 11.9. The summed E-state index contributed by atoms with van der Waals surface area (Å²) in [7, 11) is 0. The minimum absolute atomic E-state index is 0.204. The van der Waals surface area contributed by atoms with Crippen molar-refractivity contribution >= 4 is 46.4 Å². The fraction of sp³-hybridized carbons (Fsp3) is 0.353. The van der Waals surface area contributed by atoms with Gasteiger partial charge in [-0.15, -0.1) is 0 Å². The topological polar surface area (TPSA) is 105 Å². The lowest BCUT2D eigenvalue weighted by Crippen LogP contribution is -1.97. The Balaban J connectivity index is 1.18. The predicted octanol–water partition coefficient (Wildman–Crippen LogP) is 19.2. The van der Waals surface area contributed by atoms with Gasteiger partial charge in [0.25, 0.3) is 0 Å². The van der Waals surface area contributed by atoms with Gasteiger partial charge in [-0.2, -0.15) is 0 Å². The number of hydrogen-bond donors (Lipinski definition) is 3. The van der Waals surface area contributed by atoms with Gasteiger partial charge in [-0.05, 0) is 139 Å². The molecule has 8 nitrogen and oxygen atoms in total. The van der Waals surface area contributed by atoms with Gasteiger partial charge in [-0.1, -0.05) is 166 Å². The van der Waals surface area contributed by atoms with Gasteiger partial charge in [0.1, 0.15) is 23.0 Å². The van der Waals surface area contributed by atoms with Crippen molar-refractivity contribution in [3.8, 4) is 67.5 Å². The summed E-state index contributed by atoms with van der Waals surface area (Å²) in [5.41, 5.74) is 14.8. The molecular formula is C68H78N4O4. The average Bonchev–Trinajstić information content (AvgIpc) is 4.32. The number of nitrogens with zero attached hydrogens (tertiary/aromatic N) is 2. The molecule has 0 aliphatic carbocycles. The van der Waals surface area contributed by atoms with Crippen molar-refractivity contribution in [1.29, 1.82) is 0 Å². The van der Waals surface area contributed by atoms with Crippen molar-refractivity contribution in [1.82, 2.24) is 19.9 Å². The quantitative estimate of drug-likeness (QED) is 0.0422. The van der Waals surface area contributed by atoms with Gasteiger partial charge in [0, 0.05) is 44.3 Å².